The summed E-state index contributed by atoms with van der Waals surface area (Å²) in [5.41, 5.74) is 2.35. The molecule has 1 amide bonds. The van der Waals surface area contributed by atoms with Crippen LogP contribution in [-0.4, -0.2) is 21.9 Å². The number of amides is 1. The number of benzene rings is 1. The van der Waals surface area contributed by atoms with Crippen LogP contribution in [0.4, 0.5) is 0 Å². The summed E-state index contributed by atoms with van der Waals surface area (Å²) in [7, 11) is 0. The average Bonchev–Trinajstić information content (AvgIpc) is 2.76. The minimum Gasteiger partial charge on any atom is -0.478 e. The van der Waals surface area contributed by atoms with Crippen molar-refractivity contribution >= 4 is 11.9 Å². The van der Waals surface area contributed by atoms with Crippen molar-refractivity contribution in [1.29, 1.82) is 0 Å². The molecule has 1 aliphatic carbocycles. The third kappa shape index (κ3) is 2.35. The zero-order valence-electron chi connectivity index (χ0n) is 10.8. The molecule has 4 heteroatoms. The molecule has 4 nitrogen and oxygen atoms in total. The third-order valence-corrected chi connectivity index (χ3v) is 4.22. The standard InChI is InChI=1S/C15H17NO3/c17-14(6-10-2-1-3-10)16-8-12-5-4-11(15(18)19)7-13(12)9-16/h4-5,7,10H,1-3,6,8-9H2,(H,18,19). The van der Waals surface area contributed by atoms with Gasteiger partial charge < -0.3 is 10.0 Å². The minimum atomic E-state index is -0.915. The molecule has 0 bridgehead atoms. The molecule has 1 aromatic rings. The van der Waals surface area contributed by atoms with Gasteiger partial charge in [-0.15, -0.1) is 0 Å². The summed E-state index contributed by atoms with van der Waals surface area (Å²) in [6.07, 6.45) is 4.26. The fraction of sp³-hybridized carbons (Fsp3) is 0.467. The van der Waals surface area contributed by atoms with E-state index in [4.69, 9.17) is 5.11 Å². The Hall–Kier alpha value is -1.84. The molecule has 0 aromatic heterocycles. The first-order chi connectivity index (χ1) is 9.13. The Labute approximate surface area is 112 Å². The van der Waals surface area contributed by atoms with E-state index in [9.17, 15) is 9.59 Å². The van der Waals surface area contributed by atoms with Crippen LogP contribution in [-0.2, 0) is 17.9 Å². The maximum Gasteiger partial charge on any atom is 0.335 e. The van der Waals surface area contributed by atoms with Crippen LogP contribution in [0.5, 0.6) is 0 Å². The molecule has 1 saturated carbocycles. The van der Waals surface area contributed by atoms with Gasteiger partial charge in [0.2, 0.25) is 5.91 Å². The zero-order chi connectivity index (χ0) is 13.4. The maximum atomic E-state index is 12.1. The summed E-state index contributed by atoms with van der Waals surface area (Å²) in [5.74, 6) is -0.134. The molecule has 0 unspecified atom stereocenters. The third-order valence-electron chi connectivity index (χ3n) is 4.22. The van der Waals surface area contributed by atoms with Crippen molar-refractivity contribution in [3.05, 3.63) is 34.9 Å². The highest BCUT2D eigenvalue weighted by atomic mass is 16.4. The fourth-order valence-electron chi connectivity index (χ4n) is 2.78. The molecule has 0 radical (unpaired) electrons. The van der Waals surface area contributed by atoms with Crippen molar-refractivity contribution in [1.82, 2.24) is 4.90 Å². The molecule has 1 aliphatic heterocycles. The van der Waals surface area contributed by atoms with Crippen LogP contribution >= 0.6 is 0 Å². The van der Waals surface area contributed by atoms with Crippen LogP contribution < -0.4 is 0 Å². The van der Waals surface area contributed by atoms with Gasteiger partial charge in [0.15, 0.2) is 0 Å². The van der Waals surface area contributed by atoms with E-state index in [2.05, 4.69) is 0 Å². The molecule has 1 aromatic carbocycles. The predicted molar refractivity (Wildman–Crippen MR) is 69.6 cm³/mol. The monoisotopic (exact) mass is 259 g/mol. The fourth-order valence-corrected chi connectivity index (χ4v) is 2.78. The summed E-state index contributed by atoms with van der Waals surface area (Å²) in [5, 5.41) is 8.97. The van der Waals surface area contributed by atoms with Crippen LogP contribution in [0.1, 0.15) is 47.2 Å². The van der Waals surface area contributed by atoms with E-state index in [1.807, 2.05) is 11.0 Å². The van der Waals surface area contributed by atoms with E-state index in [-0.39, 0.29) is 5.91 Å². The SMILES string of the molecule is O=C(O)c1ccc2c(c1)CN(C(=O)CC1CCC1)C2. The number of carboxylic acids is 1. The number of hydrogen-bond acceptors (Lipinski definition) is 2. The minimum absolute atomic E-state index is 0.206. The van der Waals surface area contributed by atoms with Crippen molar-refractivity contribution in [2.75, 3.05) is 0 Å². The van der Waals surface area contributed by atoms with Gasteiger partial charge in [0.05, 0.1) is 5.56 Å². The lowest BCUT2D eigenvalue weighted by molar-refractivity contribution is -0.133. The summed E-state index contributed by atoms with van der Waals surface area (Å²) < 4.78 is 0. The van der Waals surface area contributed by atoms with E-state index in [1.165, 1.54) is 19.3 Å². The molecular weight excluding hydrogens is 242 g/mol. The Balaban J connectivity index is 1.69. The van der Waals surface area contributed by atoms with Crippen LogP contribution in [0.15, 0.2) is 18.2 Å². The number of nitrogens with zero attached hydrogens (tertiary/aromatic N) is 1. The lowest BCUT2D eigenvalue weighted by Gasteiger charge is -2.26. The normalized spacial score (nSPS) is 18.0. The second-order valence-corrected chi connectivity index (χ2v) is 5.54. The molecule has 0 atom stereocenters. The zero-order valence-corrected chi connectivity index (χ0v) is 10.8. The van der Waals surface area contributed by atoms with Crippen molar-refractivity contribution in [2.24, 2.45) is 5.92 Å². The molecule has 2 aliphatic rings. The van der Waals surface area contributed by atoms with Crippen molar-refractivity contribution in [3.8, 4) is 0 Å². The number of carboxylic acid groups (broad SMARTS) is 1. The Morgan fingerprint density at radius 2 is 1.95 bits per heavy atom. The van der Waals surface area contributed by atoms with Gasteiger partial charge in [0.1, 0.15) is 0 Å². The first-order valence-electron chi connectivity index (χ1n) is 6.76. The van der Waals surface area contributed by atoms with E-state index in [1.54, 1.807) is 12.1 Å². The van der Waals surface area contributed by atoms with Crippen LogP contribution in [0.25, 0.3) is 0 Å². The largest absolute Gasteiger partial charge is 0.478 e. The summed E-state index contributed by atoms with van der Waals surface area (Å²) in [6.45, 7) is 1.18. The second-order valence-electron chi connectivity index (χ2n) is 5.54. The van der Waals surface area contributed by atoms with Crippen LogP contribution in [0, 0.1) is 5.92 Å². The lowest BCUT2D eigenvalue weighted by atomic mass is 9.83. The highest BCUT2D eigenvalue weighted by Crippen LogP contribution is 2.31. The number of carbonyl (C=O) groups is 2. The quantitative estimate of drug-likeness (QED) is 0.907. The number of hydrogen-bond donors (Lipinski definition) is 1. The lowest BCUT2D eigenvalue weighted by Crippen LogP contribution is -2.29. The molecule has 0 saturated heterocycles. The van der Waals surface area contributed by atoms with Crippen molar-refractivity contribution < 1.29 is 14.7 Å². The first kappa shape index (κ1) is 12.2. The van der Waals surface area contributed by atoms with Crippen molar-refractivity contribution in [3.63, 3.8) is 0 Å². The van der Waals surface area contributed by atoms with E-state index in [0.717, 1.165) is 11.1 Å². The molecule has 19 heavy (non-hydrogen) atoms. The second kappa shape index (κ2) is 4.68. The Morgan fingerprint density at radius 1 is 1.21 bits per heavy atom. The van der Waals surface area contributed by atoms with Gasteiger partial charge in [-0.1, -0.05) is 12.5 Å². The molecule has 1 heterocycles. The summed E-state index contributed by atoms with van der Waals surface area (Å²) in [4.78, 5) is 24.9. The van der Waals surface area contributed by atoms with Gasteiger partial charge >= 0.3 is 5.97 Å². The average molecular weight is 259 g/mol. The van der Waals surface area contributed by atoms with Gasteiger partial charge in [-0.2, -0.15) is 0 Å². The van der Waals surface area contributed by atoms with Crippen LogP contribution in [0.3, 0.4) is 0 Å². The number of aromatic carboxylic acids is 1. The number of carbonyl (C=O) groups excluding carboxylic acids is 1. The van der Waals surface area contributed by atoms with E-state index >= 15 is 0 Å². The smallest absolute Gasteiger partial charge is 0.335 e. The summed E-state index contributed by atoms with van der Waals surface area (Å²) in [6, 6.07) is 5.13. The van der Waals surface area contributed by atoms with Gasteiger partial charge in [0.25, 0.3) is 0 Å². The highest BCUT2D eigenvalue weighted by Gasteiger charge is 2.28. The summed E-state index contributed by atoms with van der Waals surface area (Å²) >= 11 is 0. The highest BCUT2D eigenvalue weighted by molar-refractivity contribution is 5.88. The number of fused-ring (bicyclic) bond motifs is 1. The molecule has 100 valence electrons. The Bertz CT molecular complexity index is 534. The molecular formula is C15H17NO3. The molecule has 1 fully saturated rings. The molecule has 0 spiro atoms. The van der Waals surface area contributed by atoms with Crippen LogP contribution in [0.2, 0.25) is 0 Å². The predicted octanol–water partition coefficient (Wildman–Crippen LogP) is 2.42. The van der Waals surface area contributed by atoms with E-state index in [0.29, 0.717) is 31.0 Å². The van der Waals surface area contributed by atoms with Gasteiger partial charge in [-0.3, -0.25) is 4.79 Å². The van der Waals surface area contributed by atoms with Gasteiger partial charge in [-0.05, 0) is 42.0 Å². The van der Waals surface area contributed by atoms with Gasteiger partial charge in [-0.25, -0.2) is 4.79 Å². The molecule has 3 rings (SSSR count). The maximum absolute atomic E-state index is 12.1. The Morgan fingerprint density at radius 3 is 2.58 bits per heavy atom. The topological polar surface area (TPSA) is 57.6 Å². The molecule has 1 N–H and O–H groups in total. The van der Waals surface area contributed by atoms with E-state index < -0.39 is 5.97 Å². The first-order valence-corrected chi connectivity index (χ1v) is 6.76. The van der Waals surface area contributed by atoms with Crippen molar-refractivity contribution in [2.45, 2.75) is 38.8 Å². The number of rotatable bonds is 3. The van der Waals surface area contributed by atoms with Gasteiger partial charge in [0, 0.05) is 19.5 Å². The Kier molecular flexibility index (Phi) is 3.01.